The molecule has 0 bridgehead atoms. The summed E-state index contributed by atoms with van der Waals surface area (Å²) < 4.78 is 13.0. The highest BCUT2D eigenvalue weighted by Crippen LogP contribution is 2.28. The Morgan fingerprint density at radius 3 is 2.29 bits per heavy atom. The lowest BCUT2D eigenvalue weighted by Gasteiger charge is -2.35. The maximum atomic E-state index is 10.9. The van der Waals surface area contributed by atoms with E-state index in [1.807, 2.05) is 12.1 Å². The van der Waals surface area contributed by atoms with Crippen molar-refractivity contribution in [1.29, 1.82) is 0 Å². The van der Waals surface area contributed by atoms with Gasteiger partial charge in [0.15, 0.2) is 0 Å². The average molecular weight is 399 g/mol. The first-order valence-electron chi connectivity index (χ1n) is 8.51. The van der Waals surface area contributed by atoms with E-state index in [1.54, 1.807) is 6.20 Å². The summed E-state index contributed by atoms with van der Waals surface area (Å²) in [5, 5.41) is 8.98. The van der Waals surface area contributed by atoms with E-state index in [0.29, 0.717) is 13.1 Å². The minimum absolute atomic E-state index is 0.193. The molecule has 1 N–H and O–H groups in total. The van der Waals surface area contributed by atoms with Gasteiger partial charge in [-0.25, -0.2) is 9.78 Å². The van der Waals surface area contributed by atoms with Crippen molar-refractivity contribution in [3.63, 3.8) is 0 Å². The van der Waals surface area contributed by atoms with Gasteiger partial charge in [-0.1, -0.05) is 0 Å². The molecule has 1 aromatic rings. The fraction of sp³-hybridized carbons (Fsp3) is 0.647. The first-order chi connectivity index (χ1) is 11.6. The summed E-state index contributed by atoms with van der Waals surface area (Å²) in [5.41, 5.74) is 0. The van der Waals surface area contributed by atoms with Gasteiger partial charge < -0.3 is 19.5 Å². The number of carboxylic acid groups (broad SMARTS) is 1. The lowest BCUT2D eigenvalue weighted by molar-refractivity contribution is -0.0641. The van der Waals surface area contributed by atoms with Gasteiger partial charge in [-0.05, 0) is 66.6 Å². The molecule has 0 radical (unpaired) electrons. The summed E-state index contributed by atoms with van der Waals surface area (Å²) in [6, 6.07) is 3.81. The number of ether oxygens (including phenoxy) is 2. The SMILES string of the molecule is O=C(O)N1CCC(OC2CCC(Oc3ccc(Br)nc3)CC2)CC1. The van der Waals surface area contributed by atoms with Gasteiger partial charge in [0.05, 0.1) is 24.5 Å². The minimum Gasteiger partial charge on any atom is -0.489 e. The second-order valence-electron chi connectivity index (χ2n) is 6.44. The number of rotatable bonds is 4. The van der Waals surface area contributed by atoms with Crippen molar-refractivity contribution in [2.24, 2.45) is 0 Å². The largest absolute Gasteiger partial charge is 0.489 e. The molecule has 1 aromatic heterocycles. The molecule has 1 amide bonds. The van der Waals surface area contributed by atoms with Gasteiger partial charge >= 0.3 is 6.09 Å². The maximum Gasteiger partial charge on any atom is 0.407 e. The van der Waals surface area contributed by atoms with Crippen LogP contribution in [0.15, 0.2) is 22.9 Å². The van der Waals surface area contributed by atoms with Gasteiger partial charge in [0.2, 0.25) is 0 Å². The molecule has 2 fully saturated rings. The zero-order chi connectivity index (χ0) is 16.9. The quantitative estimate of drug-likeness (QED) is 0.782. The monoisotopic (exact) mass is 398 g/mol. The number of hydrogen-bond donors (Lipinski definition) is 1. The molecular weight excluding hydrogens is 376 g/mol. The normalized spacial score (nSPS) is 25.5. The van der Waals surface area contributed by atoms with Gasteiger partial charge in [0.1, 0.15) is 10.4 Å². The predicted octanol–water partition coefficient (Wildman–Crippen LogP) is 3.69. The molecule has 132 valence electrons. The summed E-state index contributed by atoms with van der Waals surface area (Å²) in [6.45, 7) is 1.16. The second kappa shape index (κ2) is 8.16. The van der Waals surface area contributed by atoms with Crippen LogP contribution < -0.4 is 4.74 Å². The summed E-state index contributed by atoms with van der Waals surface area (Å²) in [6.07, 6.45) is 7.15. The molecule has 2 aliphatic rings. The third-order valence-corrected chi connectivity index (χ3v) is 5.19. The fourth-order valence-electron chi connectivity index (χ4n) is 3.37. The molecular formula is C17H23BrN2O4. The summed E-state index contributed by atoms with van der Waals surface area (Å²) in [7, 11) is 0. The van der Waals surface area contributed by atoms with E-state index in [0.717, 1.165) is 48.9 Å². The molecule has 1 saturated heterocycles. The molecule has 1 aliphatic heterocycles. The first-order valence-corrected chi connectivity index (χ1v) is 9.31. The summed E-state index contributed by atoms with van der Waals surface area (Å²) in [4.78, 5) is 16.6. The number of pyridine rings is 1. The van der Waals surface area contributed by atoms with E-state index in [2.05, 4.69) is 20.9 Å². The smallest absolute Gasteiger partial charge is 0.407 e. The lowest BCUT2D eigenvalue weighted by atomic mass is 9.94. The van der Waals surface area contributed by atoms with Crippen LogP contribution in [0.2, 0.25) is 0 Å². The van der Waals surface area contributed by atoms with Crippen molar-refractivity contribution in [1.82, 2.24) is 9.88 Å². The van der Waals surface area contributed by atoms with Crippen LogP contribution in [0.5, 0.6) is 5.75 Å². The lowest BCUT2D eigenvalue weighted by Crippen LogP contribution is -2.41. The van der Waals surface area contributed by atoms with E-state index in [1.165, 1.54) is 4.90 Å². The molecule has 3 rings (SSSR count). The summed E-state index contributed by atoms with van der Waals surface area (Å²) in [5.74, 6) is 0.809. The van der Waals surface area contributed by atoms with Crippen molar-refractivity contribution < 1.29 is 19.4 Å². The molecule has 7 heteroatoms. The predicted molar refractivity (Wildman–Crippen MR) is 92.3 cm³/mol. The van der Waals surface area contributed by atoms with Crippen molar-refractivity contribution >= 4 is 22.0 Å². The van der Waals surface area contributed by atoms with Crippen LogP contribution in [0.3, 0.4) is 0 Å². The topological polar surface area (TPSA) is 71.9 Å². The second-order valence-corrected chi connectivity index (χ2v) is 7.25. The Bertz CT molecular complexity index is 538. The molecule has 6 nitrogen and oxygen atoms in total. The number of aromatic nitrogens is 1. The number of likely N-dealkylation sites (tertiary alicyclic amines) is 1. The Kier molecular flexibility index (Phi) is 5.94. The fourth-order valence-corrected chi connectivity index (χ4v) is 3.60. The van der Waals surface area contributed by atoms with Crippen LogP contribution in [0, 0.1) is 0 Å². The highest BCUT2D eigenvalue weighted by molar-refractivity contribution is 9.10. The standard InChI is InChI=1S/C17H23BrN2O4/c18-16-6-5-15(11-19-16)24-13-3-1-12(2-4-13)23-14-7-9-20(10-8-14)17(21)22/h5-6,11-14H,1-4,7-10H2,(H,21,22). The molecule has 1 aliphatic carbocycles. The molecule has 0 unspecified atom stereocenters. The Balaban J connectivity index is 1.38. The zero-order valence-corrected chi connectivity index (χ0v) is 15.2. The van der Waals surface area contributed by atoms with Crippen LogP contribution in [0.4, 0.5) is 4.79 Å². The first kappa shape index (κ1) is 17.5. The van der Waals surface area contributed by atoms with Crippen LogP contribution in [0.1, 0.15) is 38.5 Å². The highest BCUT2D eigenvalue weighted by atomic mass is 79.9. The highest BCUT2D eigenvalue weighted by Gasteiger charge is 2.28. The number of carbonyl (C=O) groups is 1. The molecule has 0 atom stereocenters. The third-order valence-electron chi connectivity index (χ3n) is 4.72. The number of hydrogen-bond acceptors (Lipinski definition) is 4. The van der Waals surface area contributed by atoms with Crippen LogP contribution >= 0.6 is 15.9 Å². The van der Waals surface area contributed by atoms with Gasteiger partial charge in [0, 0.05) is 13.1 Å². The number of amides is 1. The zero-order valence-electron chi connectivity index (χ0n) is 13.6. The molecule has 24 heavy (non-hydrogen) atoms. The minimum atomic E-state index is -0.825. The van der Waals surface area contributed by atoms with Gasteiger partial charge in [-0.3, -0.25) is 0 Å². The van der Waals surface area contributed by atoms with E-state index in [-0.39, 0.29) is 18.3 Å². The Morgan fingerprint density at radius 1 is 1.08 bits per heavy atom. The number of nitrogens with zero attached hydrogens (tertiary/aromatic N) is 2. The third kappa shape index (κ3) is 4.83. The van der Waals surface area contributed by atoms with Crippen molar-refractivity contribution in [2.75, 3.05) is 13.1 Å². The van der Waals surface area contributed by atoms with E-state index >= 15 is 0 Å². The van der Waals surface area contributed by atoms with Crippen molar-refractivity contribution in [2.45, 2.75) is 56.8 Å². The molecule has 0 aromatic carbocycles. The molecule has 2 heterocycles. The number of piperidine rings is 1. The van der Waals surface area contributed by atoms with E-state index in [4.69, 9.17) is 14.6 Å². The van der Waals surface area contributed by atoms with Gasteiger partial charge in [0.25, 0.3) is 0 Å². The molecule has 1 saturated carbocycles. The van der Waals surface area contributed by atoms with E-state index < -0.39 is 6.09 Å². The van der Waals surface area contributed by atoms with Gasteiger partial charge in [-0.15, -0.1) is 0 Å². The Morgan fingerprint density at radius 2 is 1.71 bits per heavy atom. The Hall–Kier alpha value is -1.34. The Labute approximate surface area is 150 Å². The van der Waals surface area contributed by atoms with Crippen molar-refractivity contribution in [3.05, 3.63) is 22.9 Å². The number of halogens is 1. The van der Waals surface area contributed by atoms with E-state index in [9.17, 15) is 4.79 Å². The summed E-state index contributed by atoms with van der Waals surface area (Å²) >= 11 is 3.32. The average Bonchev–Trinajstić information content (AvgIpc) is 2.59. The van der Waals surface area contributed by atoms with Crippen LogP contribution in [-0.4, -0.2) is 52.5 Å². The molecule has 0 spiro atoms. The maximum absolute atomic E-state index is 10.9. The van der Waals surface area contributed by atoms with Crippen LogP contribution in [0.25, 0.3) is 0 Å². The van der Waals surface area contributed by atoms with Gasteiger partial charge in [-0.2, -0.15) is 0 Å². The van der Waals surface area contributed by atoms with Crippen LogP contribution in [-0.2, 0) is 4.74 Å². The van der Waals surface area contributed by atoms with Crippen molar-refractivity contribution in [3.8, 4) is 5.75 Å².